The number of likely N-dealkylation sites (N-methyl/N-ethyl adjacent to an activating group) is 1. The van der Waals surface area contributed by atoms with Crippen LogP contribution in [0.4, 0.5) is 29.1 Å². The maximum Gasteiger partial charge on any atom is 0.434 e. The molecule has 1 fully saturated rings. The van der Waals surface area contributed by atoms with Crippen LogP contribution in [0.15, 0.2) is 36.8 Å². The lowest BCUT2D eigenvalue weighted by Crippen LogP contribution is -2.44. The van der Waals surface area contributed by atoms with Crippen LogP contribution in [0, 0.1) is 12.7 Å². The Bertz CT molecular complexity index is 1600. The van der Waals surface area contributed by atoms with E-state index in [1.54, 1.807) is 30.4 Å². The fourth-order valence-corrected chi connectivity index (χ4v) is 4.79. The van der Waals surface area contributed by atoms with Crippen molar-refractivity contribution >= 4 is 17.4 Å². The van der Waals surface area contributed by atoms with Crippen LogP contribution in [0.25, 0.3) is 22.9 Å². The highest BCUT2D eigenvalue weighted by molar-refractivity contribution is 6.01. The number of fused-ring (bicyclic) bond motifs is 1. The molecule has 0 spiro atoms. The summed E-state index contributed by atoms with van der Waals surface area (Å²) in [5.41, 5.74) is 1.65. The lowest BCUT2D eigenvalue weighted by atomic mass is 10.1. The third-order valence-electron chi connectivity index (χ3n) is 7.01. The Labute approximate surface area is 220 Å². The smallest absolute Gasteiger partial charge is 0.341 e. The number of nitrogens with zero attached hydrogens (tertiary/aromatic N) is 8. The first-order valence-electron chi connectivity index (χ1n) is 12.3. The molecule has 0 N–H and O–H groups in total. The average molecular weight is 541 g/mol. The molecule has 13 heteroatoms. The first-order valence-corrected chi connectivity index (χ1v) is 12.3. The molecule has 0 bridgehead atoms. The molecule has 1 amide bonds. The molecule has 4 aromatic rings. The van der Waals surface area contributed by atoms with E-state index in [0.29, 0.717) is 28.9 Å². The van der Waals surface area contributed by atoms with Gasteiger partial charge in [-0.1, -0.05) is 6.07 Å². The second-order valence-corrected chi connectivity index (χ2v) is 9.94. The quantitative estimate of drug-likeness (QED) is 0.346. The number of imidazole rings is 1. The lowest BCUT2D eigenvalue weighted by molar-refractivity contribution is -0.140. The summed E-state index contributed by atoms with van der Waals surface area (Å²) in [4.78, 5) is 28.9. The van der Waals surface area contributed by atoms with Crippen molar-refractivity contribution in [2.24, 2.45) is 7.05 Å². The number of rotatable bonds is 5. The Morgan fingerprint density at radius 1 is 1.10 bits per heavy atom. The van der Waals surface area contributed by atoms with Crippen molar-refractivity contribution < 1.29 is 22.4 Å². The first kappa shape index (κ1) is 25.0. The molecule has 0 atom stereocenters. The Kier molecular flexibility index (Phi) is 5.70. The number of alkyl halides is 3. The number of anilines is 2. The molecule has 39 heavy (non-hydrogen) atoms. The number of aryl methyl sites for hydroxylation is 2. The van der Waals surface area contributed by atoms with Crippen molar-refractivity contribution in [1.82, 2.24) is 29.3 Å². The summed E-state index contributed by atoms with van der Waals surface area (Å²) < 4.78 is 57.5. The van der Waals surface area contributed by atoms with Crippen LogP contribution >= 0.6 is 0 Å². The standard InChI is InChI=1S/C26H24F4N8O/c1-14-9-32-38(16-5-6-16)22(14)23-31-10-19-25(34-23)37(13-21(39)36(19)3)11-15-4-7-17(18(27)8-15)24-33-20(12-35(24)2)26(28,29)30/h4,7-10,12,16H,5-6,11,13H2,1-3H3. The van der Waals surface area contributed by atoms with Crippen LogP contribution in [-0.2, 0) is 24.6 Å². The zero-order chi connectivity index (χ0) is 27.6. The summed E-state index contributed by atoms with van der Waals surface area (Å²) in [7, 11) is 3.03. The molecule has 1 aromatic carbocycles. The fourth-order valence-electron chi connectivity index (χ4n) is 4.79. The van der Waals surface area contributed by atoms with Crippen LogP contribution in [0.5, 0.6) is 0 Å². The largest absolute Gasteiger partial charge is 0.434 e. The summed E-state index contributed by atoms with van der Waals surface area (Å²) in [6, 6.07) is 4.57. The molecule has 9 nitrogen and oxygen atoms in total. The fraction of sp³-hybridized carbons (Fsp3) is 0.346. The van der Waals surface area contributed by atoms with E-state index >= 15 is 4.39 Å². The molecule has 1 aliphatic heterocycles. The SMILES string of the molecule is Cc1cnn(C2CC2)c1-c1ncc2c(n1)N(Cc1ccc(-c3nc(C(F)(F)F)cn3C)c(F)c1)CC(=O)N2C. The Balaban J connectivity index is 1.33. The summed E-state index contributed by atoms with van der Waals surface area (Å²) >= 11 is 0. The molecule has 1 aliphatic carbocycles. The molecule has 0 unspecified atom stereocenters. The molecule has 1 saturated carbocycles. The Hall–Kier alpha value is -4.29. The van der Waals surface area contributed by atoms with Crippen LogP contribution < -0.4 is 9.80 Å². The van der Waals surface area contributed by atoms with Crippen molar-refractivity contribution in [1.29, 1.82) is 0 Å². The molecule has 4 heterocycles. The minimum absolute atomic E-state index is 0.0124. The van der Waals surface area contributed by atoms with Crippen molar-refractivity contribution in [3.8, 4) is 22.9 Å². The minimum atomic E-state index is -4.64. The monoisotopic (exact) mass is 540 g/mol. The number of hydrogen-bond acceptors (Lipinski definition) is 6. The maximum absolute atomic E-state index is 15.2. The maximum atomic E-state index is 15.2. The molecule has 202 valence electrons. The van der Waals surface area contributed by atoms with E-state index in [-0.39, 0.29) is 30.4 Å². The van der Waals surface area contributed by atoms with Crippen LogP contribution in [0.3, 0.4) is 0 Å². The normalized spacial score (nSPS) is 15.7. The van der Waals surface area contributed by atoms with Gasteiger partial charge < -0.3 is 14.4 Å². The van der Waals surface area contributed by atoms with E-state index in [1.165, 1.54) is 24.1 Å². The molecular weight excluding hydrogens is 516 g/mol. The van der Waals surface area contributed by atoms with Gasteiger partial charge in [0.2, 0.25) is 5.91 Å². The third kappa shape index (κ3) is 4.41. The zero-order valence-corrected chi connectivity index (χ0v) is 21.4. The van der Waals surface area contributed by atoms with Gasteiger partial charge in [0.1, 0.15) is 23.0 Å². The molecule has 0 saturated heterocycles. The van der Waals surface area contributed by atoms with E-state index in [9.17, 15) is 18.0 Å². The van der Waals surface area contributed by atoms with Gasteiger partial charge in [-0.15, -0.1) is 0 Å². The number of amides is 1. The van der Waals surface area contributed by atoms with E-state index in [4.69, 9.17) is 4.98 Å². The Morgan fingerprint density at radius 3 is 2.54 bits per heavy atom. The lowest BCUT2D eigenvalue weighted by Gasteiger charge is -2.34. The van der Waals surface area contributed by atoms with Gasteiger partial charge in [-0.25, -0.2) is 19.3 Å². The van der Waals surface area contributed by atoms with Crippen molar-refractivity contribution in [2.75, 3.05) is 23.4 Å². The Morgan fingerprint density at radius 2 is 1.87 bits per heavy atom. The number of carbonyl (C=O) groups is 1. The van der Waals surface area contributed by atoms with E-state index < -0.39 is 17.7 Å². The third-order valence-corrected chi connectivity index (χ3v) is 7.01. The highest BCUT2D eigenvalue weighted by atomic mass is 19.4. The first-order chi connectivity index (χ1) is 18.5. The molecule has 6 rings (SSSR count). The minimum Gasteiger partial charge on any atom is -0.341 e. The predicted molar refractivity (Wildman–Crippen MR) is 134 cm³/mol. The molecular formula is C26H24F4N8O. The van der Waals surface area contributed by atoms with Crippen molar-refractivity contribution in [3.63, 3.8) is 0 Å². The van der Waals surface area contributed by atoms with Gasteiger partial charge in [0.15, 0.2) is 17.3 Å². The van der Waals surface area contributed by atoms with Gasteiger partial charge in [0.25, 0.3) is 0 Å². The van der Waals surface area contributed by atoms with Gasteiger partial charge in [-0.3, -0.25) is 9.48 Å². The van der Waals surface area contributed by atoms with Crippen LogP contribution in [-0.4, -0.2) is 48.8 Å². The van der Waals surface area contributed by atoms with Crippen molar-refractivity contribution in [3.05, 3.63) is 59.4 Å². The predicted octanol–water partition coefficient (Wildman–Crippen LogP) is 4.52. The highest BCUT2D eigenvalue weighted by Crippen LogP contribution is 2.40. The number of benzene rings is 1. The van der Waals surface area contributed by atoms with Gasteiger partial charge in [0, 0.05) is 26.8 Å². The number of halogens is 4. The summed E-state index contributed by atoms with van der Waals surface area (Å²) in [6.45, 7) is 2.11. The van der Waals surface area contributed by atoms with Crippen LogP contribution in [0.2, 0.25) is 0 Å². The zero-order valence-electron chi connectivity index (χ0n) is 21.4. The van der Waals surface area contributed by atoms with Crippen molar-refractivity contribution in [2.45, 2.75) is 38.5 Å². The van der Waals surface area contributed by atoms with Gasteiger partial charge >= 0.3 is 6.18 Å². The topological polar surface area (TPSA) is 85.0 Å². The van der Waals surface area contributed by atoms with Gasteiger partial charge in [0.05, 0.1) is 30.5 Å². The number of aromatic nitrogens is 6. The summed E-state index contributed by atoms with van der Waals surface area (Å²) in [6.07, 6.45) is 1.66. The van der Waals surface area contributed by atoms with E-state index in [1.807, 2.05) is 11.6 Å². The van der Waals surface area contributed by atoms with Gasteiger partial charge in [-0.2, -0.15) is 18.3 Å². The molecule has 0 radical (unpaired) electrons. The number of carbonyl (C=O) groups excluding carboxylic acids is 1. The second kappa shape index (κ2) is 8.89. The van der Waals surface area contributed by atoms with Crippen LogP contribution in [0.1, 0.15) is 35.7 Å². The summed E-state index contributed by atoms with van der Waals surface area (Å²) in [5, 5.41) is 4.49. The second-order valence-electron chi connectivity index (χ2n) is 9.94. The van der Waals surface area contributed by atoms with E-state index in [0.717, 1.165) is 34.9 Å². The molecule has 3 aromatic heterocycles. The van der Waals surface area contributed by atoms with E-state index in [2.05, 4.69) is 15.1 Å². The molecule has 2 aliphatic rings. The summed E-state index contributed by atoms with van der Waals surface area (Å²) in [5.74, 6) is -0.0223. The highest BCUT2D eigenvalue weighted by Gasteiger charge is 2.35. The number of hydrogen-bond donors (Lipinski definition) is 0. The van der Waals surface area contributed by atoms with Gasteiger partial charge in [-0.05, 0) is 43.0 Å². The average Bonchev–Trinajstić information content (AvgIpc) is 3.54.